The molecule has 1 amide bonds. The number of aryl methyl sites for hydroxylation is 1. The maximum atomic E-state index is 13.6. The zero-order valence-electron chi connectivity index (χ0n) is 16.9. The minimum atomic E-state index is -0.838. The second-order valence-electron chi connectivity index (χ2n) is 7.07. The van der Waals surface area contributed by atoms with E-state index in [9.17, 15) is 9.59 Å². The first kappa shape index (κ1) is 19.8. The molecule has 0 saturated heterocycles. The molecule has 0 radical (unpaired) electrons. The average molecular weight is 420 g/mol. The van der Waals surface area contributed by atoms with E-state index in [0.29, 0.717) is 16.0 Å². The van der Waals surface area contributed by atoms with Crippen molar-refractivity contribution in [1.29, 1.82) is 0 Å². The third-order valence-electron chi connectivity index (χ3n) is 5.18. The molecule has 0 saturated carbocycles. The van der Waals surface area contributed by atoms with Crippen LogP contribution >= 0.6 is 11.3 Å². The van der Waals surface area contributed by atoms with E-state index < -0.39 is 11.9 Å². The number of carbonyl (C=O) groups excluding carboxylic acids is 1. The van der Waals surface area contributed by atoms with E-state index in [4.69, 9.17) is 15.5 Å². The third-order valence-corrected chi connectivity index (χ3v) is 6.05. The lowest BCUT2D eigenvalue weighted by Crippen LogP contribution is -2.33. The van der Waals surface area contributed by atoms with Crippen LogP contribution in [-0.2, 0) is 4.79 Å². The first-order valence-electron chi connectivity index (χ1n) is 9.46. The first-order valence-corrected chi connectivity index (χ1v) is 10.3. The maximum absolute atomic E-state index is 13.6. The molecule has 1 unspecified atom stereocenters. The molecular weight excluding hydrogens is 398 g/mol. The van der Waals surface area contributed by atoms with Crippen molar-refractivity contribution in [2.45, 2.75) is 19.9 Å². The third kappa shape index (κ3) is 3.27. The van der Waals surface area contributed by atoms with Gasteiger partial charge in [0.25, 0.3) is 5.56 Å². The summed E-state index contributed by atoms with van der Waals surface area (Å²) in [5.74, 6) is 0.619. The van der Waals surface area contributed by atoms with Gasteiger partial charge in [0.05, 0.1) is 12.5 Å². The number of thiophene rings is 1. The van der Waals surface area contributed by atoms with Crippen LogP contribution in [0.4, 0.5) is 0 Å². The van der Waals surface area contributed by atoms with Crippen LogP contribution in [0, 0.1) is 6.92 Å². The van der Waals surface area contributed by atoms with Crippen LogP contribution in [-0.4, -0.2) is 22.6 Å². The predicted octanol–water partition coefficient (Wildman–Crippen LogP) is 4.16. The highest BCUT2D eigenvalue weighted by molar-refractivity contribution is 7.17. The molecule has 4 rings (SSSR count). The molecule has 2 N–H and O–H groups in total. The van der Waals surface area contributed by atoms with Gasteiger partial charge in [-0.1, -0.05) is 36.4 Å². The molecule has 0 aliphatic rings. The Morgan fingerprint density at radius 3 is 2.53 bits per heavy atom. The van der Waals surface area contributed by atoms with E-state index >= 15 is 0 Å². The first-order chi connectivity index (χ1) is 14.4. The molecule has 30 heavy (non-hydrogen) atoms. The fraction of sp³-hybridized carbons (Fsp3) is 0.174. The standard InChI is InChI=1S/C23H21N3O3S/c1-13-11-16(9-10-18(13)29-3)17-12-30-22-19(17)23(28)26(14(2)20(24)27)21(25-22)15-7-5-4-6-8-15/h4-12,14H,1-3H3,(H2,24,27). The van der Waals surface area contributed by atoms with Gasteiger partial charge in [-0.3, -0.25) is 14.2 Å². The van der Waals surface area contributed by atoms with Crippen LogP contribution in [0.2, 0.25) is 0 Å². The fourth-order valence-electron chi connectivity index (χ4n) is 3.54. The molecule has 4 aromatic rings. The van der Waals surface area contributed by atoms with Gasteiger partial charge in [0.15, 0.2) is 0 Å². The Morgan fingerprint density at radius 2 is 1.90 bits per heavy atom. The summed E-state index contributed by atoms with van der Waals surface area (Å²) in [6.07, 6.45) is 0. The highest BCUT2D eigenvalue weighted by Crippen LogP contribution is 2.35. The van der Waals surface area contributed by atoms with E-state index in [1.165, 1.54) is 15.9 Å². The summed E-state index contributed by atoms with van der Waals surface area (Å²) in [6, 6.07) is 14.3. The Kier molecular flexibility index (Phi) is 5.13. The van der Waals surface area contributed by atoms with Gasteiger partial charge >= 0.3 is 0 Å². The minimum absolute atomic E-state index is 0.283. The van der Waals surface area contributed by atoms with Crippen molar-refractivity contribution in [1.82, 2.24) is 9.55 Å². The number of benzene rings is 2. The number of methoxy groups -OCH3 is 1. The van der Waals surface area contributed by atoms with Crippen molar-refractivity contribution in [2.24, 2.45) is 5.73 Å². The predicted molar refractivity (Wildman–Crippen MR) is 120 cm³/mol. The Morgan fingerprint density at radius 1 is 1.17 bits per heavy atom. The number of hydrogen-bond acceptors (Lipinski definition) is 5. The van der Waals surface area contributed by atoms with Crippen molar-refractivity contribution in [2.75, 3.05) is 7.11 Å². The number of aromatic nitrogens is 2. The quantitative estimate of drug-likeness (QED) is 0.526. The Labute approximate surface area is 177 Å². The van der Waals surface area contributed by atoms with Crippen molar-refractivity contribution in [3.63, 3.8) is 0 Å². The number of ether oxygens (including phenoxy) is 1. The maximum Gasteiger partial charge on any atom is 0.263 e. The topological polar surface area (TPSA) is 87.2 Å². The number of hydrogen-bond donors (Lipinski definition) is 1. The van der Waals surface area contributed by atoms with Crippen molar-refractivity contribution in [3.8, 4) is 28.3 Å². The van der Waals surface area contributed by atoms with Gasteiger partial charge in [0, 0.05) is 16.5 Å². The second kappa shape index (κ2) is 7.76. The molecular formula is C23H21N3O3S. The van der Waals surface area contributed by atoms with Gasteiger partial charge in [-0.2, -0.15) is 0 Å². The summed E-state index contributed by atoms with van der Waals surface area (Å²) >= 11 is 1.40. The zero-order valence-corrected chi connectivity index (χ0v) is 17.7. The number of primary amides is 1. The van der Waals surface area contributed by atoms with E-state index in [-0.39, 0.29) is 5.56 Å². The van der Waals surface area contributed by atoms with Gasteiger partial charge in [0.1, 0.15) is 22.4 Å². The molecule has 152 valence electrons. The summed E-state index contributed by atoms with van der Waals surface area (Å²) in [5.41, 5.74) is 8.67. The van der Waals surface area contributed by atoms with Crippen LogP contribution in [0.1, 0.15) is 18.5 Å². The molecule has 0 bridgehead atoms. The number of fused-ring (bicyclic) bond motifs is 1. The van der Waals surface area contributed by atoms with Crippen molar-refractivity contribution in [3.05, 3.63) is 69.8 Å². The van der Waals surface area contributed by atoms with Crippen LogP contribution in [0.15, 0.2) is 58.7 Å². The molecule has 2 aromatic carbocycles. The van der Waals surface area contributed by atoms with Crippen LogP contribution in [0.5, 0.6) is 5.75 Å². The fourth-order valence-corrected chi connectivity index (χ4v) is 4.48. The van der Waals surface area contributed by atoms with Crippen LogP contribution < -0.4 is 16.0 Å². The lowest BCUT2D eigenvalue weighted by Gasteiger charge is -2.17. The largest absolute Gasteiger partial charge is 0.496 e. The molecule has 2 heterocycles. The molecule has 7 heteroatoms. The summed E-state index contributed by atoms with van der Waals surface area (Å²) in [7, 11) is 1.63. The smallest absolute Gasteiger partial charge is 0.263 e. The highest BCUT2D eigenvalue weighted by Gasteiger charge is 2.23. The molecule has 1 atom stereocenters. The summed E-state index contributed by atoms with van der Waals surface area (Å²) < 4.78 is 6.74. The second-order valence-corrected chi connectivity index (χ2v) is 7.93. The Hall–Kier alpha value is -3.45. The normalized spacial score (nSPS) is 12.1. The average Bonchev–Trinajstić information content (AvgIpc) is 3.18. The molecule has 6 nitrogen and oxygen atoms in total. The SMILES string of the molecule is COc1ccc(-c2csc3nc(-c4ccccc4)n(C(C)C(N)=O)c(=O)c23)cc1C. The number of nitrogens with zero attached hydrogens (tertiary/aromatic N) is 2. The van der Waals surface area contributed by atoms with E-state index in [0.717, 1.165) is 28.0 Å². The van der Waals surface area contributed by atoms with E-state index in [2.05, 4.69) is 0 Å². The number of rotatable bonds is 5. The van der Waals surface area contributed by atoms with Gasteiger partial charge in [0.2, 0.25) is 5.91 Å². The number of carbonyl (C=O) groups is 1. The van der Waals surface area contributed by atoms with E-state index in [1.54, 1.807) is 14.0 Å². The van der Waals surface area contributed by atoms with Gasteiger partial charge in [-0.05, 0) is 37.1 Å². The Balaban J connectivity index is 2.02. The summed E-state index contributed by atoms with van der Waals surface area (Å²) in [6.45, 7) is 3.57. The molecule has 0 fully saturated rings. The monoisotopic (exact) mass is 419 g/mol. The molecule has 0 aliphatic heterocycles. The van der Waals surface area contributed by atoms with Crippen LogP contribution in [0.25, 0.3) is 32.7 Å². The zero-order chi connectivity index (χ0) is 21.4. The molecule has 0 spiro atoms. The summed E-state index contributed by atoms with van der Waals surface area (Å²) in [5, 5.41) is 2.41. The van der Waals surface area contributed by atoms with Crippen molar-refractivity contribution < 1.29 is 9.53 Å². The summed E-state index contributed by atoms with van der Waals surface area (Å²) in [4.78, 5) is 31.0. The van der Waals surface area contributed by atoms with Crippen molar-refractivity contribution >= 4 is 27.5 Å². The highest BCUT2D eigenvalue weighted by atomic mass is 32.1. The molecule has 0 aliphatic carbocycles. The van der Waals surface area contributed by atoms with E-state index in [1.807, 2.05) is 60.8 Å². The van der Waals surface area contributed by atoms with Gasteiger partial charge in [-0.15, -0.1) is 11.3 Å². The lowest BCUT2D eigenvalue weighted by atomic mass is 10.0. The van der Waals surface area contributed by atoms with Gasteiger partial charge in [-0.25, -0.2) is 4.98 Å². The van der Waals surface area contributed by atoms with Crippen LogP contribution in [0.3, 0.4) is 0 Å². The Bertz CT molecular complexity index is 1310. The van der Waals surface area contributed by atoms with Gasteiger partial charge < -0.3 is 10.5 Å². The minimum Gasteiger partial charge on any atom is -0.496 e. The number of amides is 1. The molecule has 2 aromatic heterocycles. The number of nitrogens with two attached hydrogens (primary N) is 1. The lowest BCUT2D eigenvalue weighted by molar-refractivity contribution is -0.120.